The van der Waals surface area contributed by atoms with Crippen LogP contribution in [0.5, 0.6) is 0 Å². The molecule has 0 spiro atoms. The smallest absolute Gasteiger partial charge is 0.306 e. The largest absolute Gasteiger partial charge is 0.461 e. The molecule has 0 saturated carbocycles. The third kappa shape index (κ3) is 10.2. The molecule has 1 heterocycles. The monoisotopic (exact) mass is 483 g/mol. The first-order chi connectivity index (χ1) is 16.8. The second-order valence-electron chi connectivity index (χ2n) is 9.90. The van der Waals surface area contributed by atoms with E-state index in [0.717, 1.165) is 67.5 Å². The Labute approximate surface area is 208 Å². The number of hydrogen-bond acceptors (Lipinski definition) is 5. The molecule has 0 aliphatic heterocycles. The average molecular weight is 484 g/mol. The molecular formula is C29H38FNO4. The van der Waals surface area contributed by atoms with E-state index in [1.165, 1.54) is 17.7 Å². The zero-order valence-electron chi connectivity index (χ0n) is 21.2. The molecule has 0 saturated heterocycles. The highest BCUT2D eigenvalue weighted by atomic mass is 19.1. The second kappa shape index (κ2) is 13.4. The summed E-state index contributed by atoms with van der Waals surface area (Å²) in [6, 6.07) is 15.0. The zero-order valence-corrected chi connectivity index (χ0v) is 21.2. The van der Waals surface area contributed by atoms with Gasteiger partial charge in [0, 0.05) is 37.9 Å². The van der Waals surface area contributed by atoms with Crippen LogP contribution in [0.2, 0.25) is 0 Å². The molecule has 0 amide bonds. The topological polar surface area (TPSA) is 60.7 Å². The first kappa shape index (κ1) is 26.9. The van der Waals surface area contributed by atoms with Crippen LogP contribution >= 0.6 is 0 Å². The number of nitrogens with one attached hydrogen (secondary N) is 1. The van der Waals surface area contributed by atoms with E-state index in [9.17, 15) is 9.18 Å². The Morgan fingerprint density at radius 3 is 2.49 bits per heavy atom. The number of halogens is 1. The molecule has 0 unspecified atom stereocenters. The molecule has 190 valence electrons. The predicted molar refractivity (Wildman–Crippen MR) is 137 cm³/mol. The molecule has 2 aromatic carbocycles. The lowest BCUT2D eigenvalue weighted by Gasteiger charge is -2.19. The van der Waals surface area contributed by atoms with Crippen molar-refractivity contribution in [3.8, 4) is 0 Å². The fourth-order valence-electron chi connectivity index (χ4n) is 3.80. The maximum absolute atomic E-state index is 13.1. The number of benzene rings is 2. The van der Waals surface area contributed by atoms with E-state index in [0.29, 0.717) is 19.6 Å². The Morgan fingerprint density at radius 1 is 0.943 bits per heavy atom. The van der Waals surface area contributed by atoms with Crippen LogP contribution in [0.3, 0.4) is 0 Å². The van der Waals surface area contributed by atoms with Crippen molar-refractivity contribution in [1.82, 2.24) is 5.32 Å². The van der Waals surface area contributed by atoms with E-state index in [1.807, 2.05) is 32.9 Å². The minimum absolute atomic E-state index is 0.128. The van der Waals surface area contributed by atoms with Crippen molar-refractivity contribution in [3.63, 3.8) is 0 Å². The summed E-state index contributed by atoms with van der Waals surface area (Å²) in [5.74, 6) is 0.600. The van der Waals surface area contributed by atoms with Crippen molar-refractivity contribution < 1.29 is 23.1 Å². The summed E-state index contributed by atoms with van der Waals surface area (Å²) < 4.78 is 30.1. The lowest BCUT2D eigenvalue weighted by molar-refractivity contribution is -0.154. The molecule has 0 aliphatic rings. The minimum Gasteiger partial charge on any atom is -0.461 e. The number of fused-ring (bicyclic) bond motifs is 1. The fraction of sp³-hybridized carbons (Fsp3) is 0.483. The van der Waals surface area contributed by atoms with Crippen LogP contribution in [-0.2, 0) is 33.7 Å². The molecule has 0 atom stereocenters. The van der Waals surface area contributed by atoms with Gasteiger partial charge in [0.2, 0.25) is 0 Å². The summed E-state index contributed by atoms with van der Waals surface area (Å²) in [4.78, 5) is 11.7. The number of hydrogen-bond donors (Lipinski definition) is 1. The van der Waals surface area contributed by atoms with E-state index in [4.69, 9.17) is 13.9 Å². The number of unbranched alkanes of at least 4 members (excludes halogenated alkanes) is 2. The Morgan fingerprint density at radius 2 is 1.71 bits per heavy atom. The molecule has 1 aromatic heterocycles. The highest BCUT2D eigenvalue weighted by molar-refractivity contribution is 5.78. The van der Waals surface area contributed by atoms with Gasteiger partial charge in [0.15, 0.2) is 0 Å². The standard InChI is InChI=1S/C29H38FNO4/c1-29(2,3)35-28(32)7-5-4-6-17-33-18-16-31-21-23-8-12-24-20-26(34-27(24)19-23)15-11-22-9-13-25(30)14-10-22/h8-10,12-14,19-20,31H,4-7,11,15-18,21H2,1-3H3. The van der Waals surface area contributed by atoms with Gasteiger partial charge in [-0.1, -0.05) is 30.7 Å². The lowest BCUT2D eigenvalue weighted by atomic mass is 10.1. The molecule has 6 heteroatoms. The molecule has 1 N–H and O–H groups in total. The molecule has 5 nitrogen and oxygen atoms in total. The van der Waals surface area contributed by atoms with Crippen LogP contribution < -0.4 is 5.32 Å². The van der Waals surface area contributed by atoms with Gasteiger partial charge in [0.25, 0.3) is 0 Å². The van der Waals surface area contributed by atoms with Gasteiger partial charge in [0.05, 0.1) is 6.61 Å². The van der Waals surface area contributed by atoms with Gasteiger partial charge in [-0.25, -0.2) is 4.39 Å². The van der Waals surface area contributed by atoms with Crippen LogP contribution in [0, 0.1) is 5.82 Å². The second-order valence-corrected chi connectivity index (χ2v) is 9.90. The first-order valence-corrected chi connectivity index (χ1v) is 12.5. The van der Waals surface area contributed by atoms with Crippen molar-refractivity contribution in [2.75, 3.05) is 19.8 Å². The summed E-state index contributed by atoms with van der Waals surface area (Å²) in [7, 11) is 0. The zero-order chi connectivity index (χ0) is 25.1. The highest BCUT2D eigenvalue weighted by Crippen LogP contribution is 2.22. The number of aryl methyl sites for hydroxylation is 2. The molecule has 3 aromatic rings. The SMILES string of the molecule is CC(C)(C)OC(=O)CCCCCOCCNCc1ccc2cc(CCc3ccc(F)cc3)oc2c1. The number of esters is 1. The van der Waals surface area contributed by atoms with Crippen LogP contribution in [0.15, 0.2) is 52.9 Å². The normalized spacial score (nSPS) is 11.8. The number of carbonyl (C=O) groups is 1. The number of rotatable bonds is 14. The Balaban J connectivity index is 1.26. The van der Waals surface area contributed by atoms with Crippen molar-refractivity contribution in [3.05, 3.63) is 71.2 Å². The molecule has 0 fully saturated rings. The summed E-state index contributed by atoms with van der Waals surface area (Å²) in [6.07, 6.45) is 4.81. The Kier molecular flexibility index (Phi) is 10.3. The van der Waals surface area contributed by atoms with Crippen LogP contribution in [0.1, 0.15) is 63.3 Å². The first-order valence-electron chi connectivity index (χ1n) is 12.5. The van der Waals surface area contributed by atoms with Gasteiger partial charge in [-0.3, -0.25) is 4.79 Å². The van der Waals surface area contributed by atoms with E-state index >= 15 is 0 Å². The molecule has 0 aliphatic carbocycles. The lowest BCUT2D eigenvalue weighted by Crippen LogP contribution is -2.23. The quantitative estimate of drug-likeness (QED) is 0.213. The number of ether oxygens (including phenoxy) is 2. The van der Waals surface area contributed by atoms with E-state index in [-0.39, 0.29) is 11.8 Å². The van der Waals surface area contributed by atoms with Gasteiger partial charge in [-0.2, -0.15) is 0 Å². The molecule has 0 radical (unpaired) electrons. The predicted octanol–water partition coefficient (Wildman–Crippen LogP) is 6.37. The van der Waals surface area contributed by atoms with Crippen LogP contribution in [0.4, 0.5) is 4.39 Å². The summed E-state index contributed by atoms with van der Waals surface area (Å²) >= 11 is 0. The molecule has 0 bridgehead atoms. The van der Waals surface area contributed by atoms with Gasteiger partial charge in [-0.05, 0) is 75.4 Å². The average Bonchev–Trinajstić information content (AvgIpc) is 3.21. The maximum Gasteiger partial charge on any atom is 0.306 e. The van der Waals surface area contributed by atoms with Gasteiger partial charge < -0.3 is 19.2 Å². The van der Waals surface area contributed by atoms with E-state index in [2.05, 4.69) is 29.6 Å². The fourth-order valence-corrected chi connectivity index (χ4v) is 3.80. The van der Waals surface area contributed by atoms with Crippen LogP contribution in [-0.4, -0.2) is 31.3 Å². The molecule has 35 heavy (non-hydrogen) atoms. The summed E-state index contributed by atoms with van der Waals surface area (Å²) in [6.45, 7) is 8.54. The van der Waals surface area contributed by atoms with Gasteiger partial charge in [-0.15, -0.1) is 0 Å². The van der Waals surface area contributed by atoms with Gasteiger partial charge >= 0.3 is 5.97 Å². The van der Waals surface area contributed by atoms with Crippen molar-refractivity contribution in [2.24, 2.45) is 0 Å². The van der Waals surface area contributed by atoms with E-state index < -0.39 is 5.60 Å². The maximum atomic E-state index is 13.1. The Hall–Kier alpha value is -2.70. The van der Waals surface area contributed by atoms with Crippen molar-refractivity contribution in [2.45, 2.75) is 71.4 Å². The number of furan rings is 1. The Bertz CT molecular complexity index is 1050. The summed E-state index contributed by atoms with van der Waals surface area (Å²) in [5, 5.41) is 4.50. The van der Waals surface area contributed by atoms with Crippen molar-refractivity contribution in [1.29, 1.82) is 0 Å². The third-order valence-corrected chi connectivity index (χ3v) is 5.55. The van der Waals surface area contributed by atoms with E-state index in [1.54, 1.807) is 0 Å². The van der Waals surface area contributed by atoms with Crippen LogP contribution in [0.25, 0.3) is 11.0 Å². The van der Waals surface area contributed by atoms with Gasteiger partial charge in [0.1, 0.15) is 22.8 Å². The summed E-state index contributed by atoms with van der Waals surface area (Å²) in [5.41, 5.74) is 2.74. The number of carbonyl (C=O) groups excluding carboxylic acids is 1. The highest BCUT2D eigenvalue weighted by Gasteiger charge is 2.15. The molecule has 3 rings (SSSR count). The minimum atomic E-state index is -0.411. The third-order valence-electron chi connectivity index (χ3n) is 5.55. The van der Waals surface area contributed by atoms with Crippen molar-refractivity contribution >= 4 is 16.9 Å². The molecular weight excluding hydrogens is 445 g/mol.